The zero-order chi connectivity index (χ0) is 22.9. The third-order valence-corrected chi connectivity index (χ3v) is 5.53. The van der Waals surface area contributed by atoms with Crippen LogP contribution in [0.3, 0.4) is 0 Å². The standard InChI is InChI=1S/C25H19NO7/c27-18-5-4-16-24(30)21(11-14-3-6-19-20(10-14)32-9-8-31-19)33-25(16)23(18)17(12-22(28)29)15-2-1-7-26-13-15/h1-7,10-11,13,17,27H,8-9,12H2,(H,28,29)/b21-11-. The lowest BCUT2D eigenvalue weighted by Gasteiger charge is -2.19. The summed E-state index contributed by atoms with van der Waals surface area (Å²) in [6.45, 7) is 0.918. The van der Waals surface area contributed by atoms with Crippen LogP contribution in [-0.2, 0) is 4.79 Å². The summed E-state index contributed by atoms with van der Waals surface area (Å²) in [5.41, 5.74) is 1.76. The van der Waals surface area contributed by atoms with Crippen LogP contribution in [0.4, 0.5) is 0 Å². The highest BCUT2D eigenvalue weighted by Crippen LogP contribution is 2.46. The number of ketones is 1. The van der Waals surface area contributed by atoms with Crippen molar-refractivity contribution in [2.24, 2.45) is 0 Å². The van der Waals surface area contributed by atoms with E-state index in [1.54, 1.807) is 42.6 Å². The van der Waals surface area contributed by atoms with E-state index in [0.717, 1.165) is 0 Å². The molecule has 0 fully saturated rings. The molecule has 0 aliphatic carbocycles. The molecule has 1 unspecified atom stereocenters. The van der Waals surface area contributed by atoms with Gasteiger partial charge in [0.25, 0.3) is 0 Å². The molecule has 33 heavy (non-hydrogen) atoms. The summed E-state index contributed by atoms with van der Waals surface area (Å²) >= 11 is 0. The zero-order valence-corrected chi connectivity index (χ0v) is 17.4. The molecule has 2 aromatic carbocycles. The van der Waals surface area contributed by atoms with Gasteiger partial charge in [0.1, 0.15) is 24.7 Å². The molecule has 1 atom stereocenters. The van der Waals surface area contributed by atoms with Crippen LogP contribution in [0.2, 0.25) is 0 Å². The van der Waals surface area contributed by atoms with E-state index in [-0.39, 0.29) is 40.6 Å². The molecule has 0 spiro atoms. The van der Waals surface area contributed by atoms with Gasteiger partial charge in [0.05, 0.1) is 12.0 Å². The summed E-state index contributed by atoms with van der Waals surface area (Å²) in [6, 6.07) is 11.6. The van der Waals surface area contributed by atoms with E-state index in [1.807, 2.05) is 0 Å². The molecule has 0 amide bonds. The number of rotatable bonds is 5. The van der Waals surface area contributed by atoms with Crippen LogP contribution in [0.5, 0.6) is 23.0 Å². The molecule has 8 heteroatoms. The quantitative estimate of drug-likeness (QED) is 0.570. The summed E-state index contributed by atoms with van der Waals surface area (Å²) in [6.07, 6.45) is 4.38. The van der Waals surface area contributed by atoms with Crippen LogP contribution in [0.1, 0.15) is 39.4 Å². The molecular formula is C25H19NO7. The highest BCUT2D eigenvalue weighted by molar-refractivity contribution is 6.15. The predicted octanol–water partition coefficient (Wildman–Crippen LogP) is 3.78. The number of carbonyl (C=O) groups is 2. The molecule has 5 rings (SSSR count). The number of fused-ring (bicyclic) bond motifs is 2. The molecule has 2 N–H and O–H groups in total. The van der Waals surface area contributed by atoms with Gasteiger partial charge in [0.15, 0.2) is 17.3 Å². The Labute approximate surface area is 188 Å². The number of ether oxygens (including phenoxy) is 3. The van der Waals surface area contributed by atoms with Crippen molar-refractivity contribution in [1.29, 1.82) is 0 Å². The second kappa shape index (κ2) is 8.31. The number of Topliss-reactive ketones (excluding diaryl/α,β-unsaturated/α-hetero) is 1. The van der Waals surface area contributed by atoms with Crippen LogP contribution in [0, 0.1) is 0 Å². The molecule has 3 aromatic rings. The van der Waals surface area contributed by atoms with Gasteiger partial charge in [-0.2, -0.15) is 0 Å². The van der Waals surface area contributed by atoms with E-state index in [9.17, 15) is 19.8 Å². The molecule has 1 aromatic heterocycles. The Morgan fingerprint density at radius 1 is 1.12 bits per heavy atom. The number of nitrogens with zero attached hydrogens (tertiary/aromatic N) is 1. The maximum absolute atomic E-state index is 13.1. The maximum atomic E-state index is 13.1. The Hall–Kier alpha value is -4.33. The Bertz CT molecular complexity index is 1280. The number of hydrogen-bond donors (Lipinski definition) is 2. The highest BCUT2D eigenvalue weighted by atomic mass is 16.6. The Kier molecular flexibility index (Phi) is 5.18. The lowest BCUT2D eigenvalue weighted by molar-refractivity contribution is -0.137. The molecule has 2 aliphatic heterocycles. The fourth-order valence-electron chi connectivity index (χ4n) is 4.04. The molecule has 2 aliphatic rings. The van der Waals surface area contributed by atoms with E-state index in [4.69, 9.17) is 14.2 Å². The minimum absolute atomic E-state index is 0.0637. The maximum Gasteiger partial charge on any atom is 0.304 e. The summed E-state index contributed by atoms with van der Waals surface area (Å²) in [5, 5.41) is 20.2. The Balaban J connectivity index is 1.56. The second-order valence-corrected chi connectivity index (χ2v) is 7.65. The van der Waals surface area contributed by atoms with Crippen molar-refractivity contribution in [3.63, 3.8) is 0 Å². The van der Waals surface area contributed by atoms with Crippen LogP contribution < -0.4 is 14.2 Å². The SMILES string of the molecule is O=C(O)CC(c1cccnc1)c1c(O)ccc2c1O/C(=C\c1ccc3c(c1)OCCO3)C2=O. The Morgan fingerprint density at radius 2 is 1.94 bits per heavy atom. The summed E-state index contributed by atoms with van der Waals surface area (Å²) in [5.74, 6) is -0.906. The number of benzene rings is 2. The van der Waals surface area contributed by atoms with Crippen molar-refractivity contribution in [2.75, 3.05) is 13.2 Å². The summed E-state index contributed by atoms with van der Waals surface area (Å²) < 4.78 is 17.0. The van der Waals surface area contributed by atoms with Gasteiger partial charge in [-0.1, -0.05) is 12.1 Å². The highest BCUT2D eigenvalue weighted by Gasteiger charge is 2.35. The second-order valence-electron chi connectivity index (χ2n) is 7.65. The number of allylic oxidation sites excluding steroid dienone is 1. The van der Waals surface area contributed by atoms with Crippen molar-refractivity contribution in [2.45, 2.75) is 12.3 Å². The number of carboxylic acids is 1. The fourth-order valence-corrected chi connectivity index (χ4v) is 4.04. The minimum atomic E-state index is -1.06. The van der Waals surface area contributed by atoms with Gasteiger partial charge in [0.2, 0.25) is 5.78 Å². The van der Waals surface area contributed by atoms with Gasteiger partial charge >= 0.3 is 5.97 Å². The van der Waals surface area contributed by atoms with Gasteiger partial charge in [-0.15, -0.1) is 0 Å². The topological polar surface area (TPSA) is 115 Å². The molecular weight excluding hydrogens is 426 g/mol. The van der Waals surface area contributed by atoms with Crippen molar-refractivity contribution >= 4 is 17.8 Å². The lowest BCUT2D eigenvalue weighted by Crippen LogP contribution is -2.15. The minimum Gasteiger partial charge on any atom is -0.508 e. The molecule has 166 valence electrons. The van der Waals surface area contributed by atoms with Crippen LogP contribution >= 0.6 is 0 Å². The van der Waals surface area contributed by atoms with E-state index in [2.05, 4.69) is 4.98 Å². The number of phenols is 1. The first-order valence-corrected chi connectivity index (χ1v) is 10.3. The third-order valence-electron chi connectivity index (χ3n) is 5.53. The predicted molar refractivity (Wildman–Crippen MR) is 117 cm³/mol. The first kappa shape index (κ1) is 20.6. The average molecular weight is 445 g/mol. The van der Waals surface area contributed by atoms with E-state index < -0.39 is 11.9 Å². The van der Waals surface area contributed by atoms with Gasteiger partial charge in [0, 0.05) is 23.9 Å². The third kappa shape index (κ3) is 3.87. The van der Waals surface area contributed by atoms with Gasteiger partial charge in [-0.3, -0.25) is 14.6 Å². The molecule has 0 bridgehead atoms. The number of aromatic hydroxyl groups is 1. The van der Waals surface area contributed by atoms with Crippen molar-refractivity contribution in [3.8, 4) is 23.0 Å². The van der Waals surface area contributed by atoms with Crippen molar-refractivity contribution < 1.29 is 34.0 Å². The number of aromatic nitrogens is 1. The fraction of sp³-hybridized carbons (Fsp3) is 0.160. The summed E-state index contributed by atoms with van der Waals surface area (Å²) in [7, 11) is 0. The first-order chi connectivity index (χ1) is 16.0. The van der Waals surface area contributed by atoms with Crippen LogP contribution in [-0.4, -0.2) is 40.2 Å². The van der Waals surface area contributed by atoms with E-state index in [1.165, 1.54) is 18.3 Å². The van der Waals surface area contributed by atoms with Gasteiger partial charge in [-0.25, -0.2) is 0 Å². The molecule has 8 nitrogen and oxygen atoms in total. The van der Waals surface area contributed by atoms with Crippen molar-refractivity contribution in [1.82, 2.24) is 4.98 Å². The molecule has 0 radical (unpaired) electrons. The van der Waals surface area contributed by atoms with Gasteiger partial charge < -0.3 is 24.4 Å². The van der Waals surface area contributed by atoms with Crippen LogP contribution in [0.15, 0.2) is 60.6 Å². The lowest BCUT2D eigenvalue weighted by atomic mass is 9.87. The van der Waals surface area contributed by atoms with Gasteiger partial charge in [-0.05, 0) is 47.5 Å². The van der Waals surface area contributed by atoms with Crippen LogP contribution in [0.25, 0.3) is 6.08 Å². The Morgan fingerprint density at radius 3 is 2.70 bits per heavy atom. The first-order valence-electron chi connectivity index (χ1n) is 10.3. The van der Waals surface area contributed by atoms with Crippen molar-refractivity contribution in [3.05, 3.63) is 82.9 Å². The largest absolute Gasteiger partial charge is 0.508 e. The number of aliphatic carboxylic acids is 1. The summed E-state index contributed by atoms with van der Waals surface area (Å²) in [4.78, 5) is 28.8. The molecule has 3 heterocycles. The zero-order valence-electron chi connectivity index (χ0n) is 17.4. The normalized spacial score (nSPS) is 16.2. The van der Waals surface area contributed by atoms with E-state index in [0.29, 0.717) is 35.8 Å². The number of carboxylic acid groups (broad SMARTS) is 1. The number of carbonyl (C=O) groups excluding carboxylic acids is 1. The number of hydrogen-bond acceptors (Lipinski definition) is 7. The number of pyridine rings is 1. The smallest absolute Gasteiger partial charge is 0.304 e. The van der Waals surface area contributed by atoms with E-state index >= 15 is 0 Å². The molecule has 0 saturated heterocycles. The average Bonchev–Trinajstić information content (AvgIpc) is 3.13. The molecule has 0 saturated carbocycles. The number of phenolic OH excluding ortho intramolecular Hbond substituents is 1. The monoisotopic (exact) mass is 445 g/mol.